The molecule has 3 nitrogen and oxygen atoms in total. The van der Waals surface area contributed by atoms with Crippen LogP contribution in [0.1, 0.15) is 0 Å². The van der Waals surface area contributed by atoms with E-state index in [1.54, 1.807) is 0 Å². The Morgan fingerprint density at radius 2 is 0.481 bits per heavy atom. The first-order valence-corrected chi connectivity index (χ1v) is 47.2. The lowest BCUT2D eigenvalue weighted by atomic mass is 9.93. The average molecular weight is 1730 g/mol. The van der Waals surface area contributed by atoms with Gasteiger partial charge in [-0.05, 0) is 290 Å². The fraction of sp³-hybridized carbons (Fsp3) is 0. The first kappa shape index (κ1) is 78.5. The van der Waals surface area contributed by atoms with Gasteiger partial charge < -0.3 is 14.4 Å². The van der Waals surface area contributed by atoms with Crippen LogP contribution >= 0.6 is 22.7 Å². The van der Waals surface area contributed by atoms with Crippen molar-refractivity contribution in [3.63, 3.8) is 0 Å². The predicted octanol–water partition coefficient (Wildman–Crippen LogP) is 37.1. The molecule has 0 unspecified atom stereocenters. The molecule has 3 aromatic heterocycles. The highest BCUT2D eigenvalue weighted by Gasteiger charge is 2.23. The van der Waals surface area contributed by atoms with E-state index < -0.39 is 0 Å². The number of hydrogen-bond donors (Lipinski definition) is 0. The normalized spacial score (nSPS) is 11.6. The SMILES string of the molecule is c1ccc(-c2ccccc2-c2cccc(N(c3ccc(-c4cccc(-c5ccc6cc(-c7ccc(-c8ccc(N(c9ccc(-c%10ccc(-c%11cccc(-n%12c%13ccccc%13c%13ccccc%13%12)c%11)cc%10)cc9)c9ccc(-c%10cccc(-c%11ccc%12ccccc%12c%11)c%10)cc9)cc8)c8c7sc7ccccc78)ccc6c5)c4)cc3)c3ccc(-c4cccc5sc6ccccc6c45)cc3)c2)cc1. The molecule has 5 heteroatoms. The summed E-state index contributed by atoms with van der Waals surface area (Å²) in [4.78, 5) is 4.79. The Balaban J connectivity index is 0.507. The molecular weight excluding hydrogens is 1640 g/mol. The molecule has 22 aromatic carbocycles. The van der Waals surface area contributed by atoms with Gasteiger partial charge in [-0.15, -0.1) is 22.7 Å². The van der Waals surface area contributed by atoms with Gasteiger partial charge in [-0.25, -0.2) is 0 Å². The maximum absolute atomic E-state index is 2.40. The van der Waals surface area contributed by atoms with E-state index in [0.29, 0.717) is 0 Å². The number of fused-ring (bicyclic) bond motifs is 11. The van der Waals surface area contributed by atoms with Crippen LogP contribution in [0, 0.1) is 0 Å². The lowest BCUT2D eigenvalue weighted by Gasteiger charge is -2.27. The molecule has 0 saturated carbocycles. The molecule has 0 spiro atoms. The molecule has 133 heavy (non-hydrogen) atoms. The van der Waals surface area contributed by atoms with Gasteiger partial charge in [-0.3, -0.25) is 0 Å². The standard InChI is InChI=1S/C128H83N3S2/c1-2-22-90(23-3-1)112-33-6-7-34-113(112)103-30-19-31-110(83-103)130(109-73-61-91(62-74-109)114-39-20-44-125-126(114)119-37-10-14-42-123(119)132-125)108-69-59-89(60-70-108)95-26-17-28-97(78-95)100-51-52-102-81-104(54-53-101(102)80-100)116-76-75-115(127-120-38-11-15-43-124(120)133-128(116)127)92-63-71-107(72-64-92)129(106-67-57-88(58-68-106)94-25-16-27-96(77-94)99-50-49-84-21-4-5-24-93(84)79-99)105-65-55-86(56-66-105)85-45-47-87(48-46-85)98-29-18-32-111(82-98)131-121-40-12-8-35-117(121)118-36-9-13-41-122(118)131/h1-83H. The third-order valence-corrected chi connectivity index (χ3v) is 29.1. The van der Waals surface area contributed by atoms with Crippen molar-refractivity contribution in [2.24, 2.45) is 0 Å². The Morgan fingerprint density at radius 1 is 0.158 bits per heavy atom. The van der Waals surface area contributed by atoms with E-state index in [1.165, 1.54) is 167 Å². The molecule has 0 radical (unpaired) electrons. The lowest BCUT2D eigenvalue weighted by molar-refractivity contribution is 1.18. The summed E-state index contributed by atoms with van der Waals surface area (Å²) in [6, 6.07) is 186. The number of aromatic nitrogens is 1. The van der Waals surface area contributed by atoms with Crippen molar-refractivity contribution in [2.75, 3.05) is 9.80 Å². The van der Waals surface area contributed by atoms with Crippen molar-refractivity contribution in [3.8, 4) is 128 Å². The second-order valence-corrected chi connectivity index (χ2v) is 36.7. The fourth-order valence-corrected chi connectivity index (χ4v) is 22.6. The van der Waals surface area contributed by atoms with Crippen molar-refractivity contribution in [1.82, 2.24) is 4.57 Å². The Labute approximate surface area is 780 Å². The molecule has 0 saturated heterocycles. The molecule has 3 heterocycles. The van der Waals surface area contributed by atoms with Crippen molar-refractivity contribution in [3.05, 3.63) is 504 Å². The van der Waals surface area contributed by atoms with Gasteiger partial charge in [-0.1, -0.05) is 358 Å². The minimum atomic E-state index is 1.06. The highest BCUT2D eigenvalue weighted by atomic mass is 32.1. The van der Waals surface area contributed by atoms with E-state index in [2.05, 4.69) is 518 Å². The fourth-order valence-electron chi connectivity index (χ4n) is 20.2. The number of nitrogens with zero attached hydrogens (tertiary/aromatic N) is 3. The van der Waals surface area contributed by atoms with E-state index >= 15 is 0 Å². The molecule has 0 atom stereocenters. The van der Waals surface area contributed by atoms with Crippen molar-refractivity contribution < 1.29 is 0 Å². The van der Waals surface area contributed by atoms with Crippen LogP contribution in [0.3, 0.4) is 0 Å². The summed E-state index contributed by atoms with van der Waals surface area (Å²) in [6.45, 7) is 0. The molecule has 0 aliphatic heterocycles. The van der Waals surface area contributed by atoms with Gasteiger partial charge in [-0.2, -0.15) is 0 Å². The molecule has 622 valence electrons. The maximum atomic E-state index is 2.40. The number of rotatable bonds is 18. The topological polar surface area (TPSA) is 11.4 Å². The van der Waals surface area contributed by atoms with Crippen molar-refractivity contribution >= 4 is 140 Å². The van der Waals surface area contributed by atoms with Crippen molar-refractivity contribution in [2.45, 2.75) is 0 Å². The molecule has 0 amide bonds. The maximum Gasteiger partial charge on any atom is 0.0541 e. The number of hydrogen-bond acceptors (Lipinski definition) is 4. The zero-order valence-electron chi connectivity index (χ0n) is 72.6. The van der Waals surface area contributed by atoms with Gasteiger partial charge in [0.1, 0.15) is 0 Å². The Bertz CT molecular complexity index is 8730. The third-order valence-electron chi connectivity index (χ3n) is 26.8. The Morgan fingerprint density at radius 3 is 1.05 bits per heavy atom. The number of anilines is 6. The molecule has 0 aliphatic carbocycles. The summed E-state index contributed by atoms with van der Waals surface area (Å²) in [6.07, 6.45) is 0. The van der Waals surface area contributed by atoms with Crippen LogP contribution in [0.5, 0.6) is 0 Å². The molecule has 25 rings (SSSR count). The minimum Gasteiger partial charge on any atom is -0.311 e. The minimum absolute atomic E-state index is 1.06. The summed E-state index contributed by atoms with van der Waals surface area (Å²) in [5.41, 5.74) is 36.0. The summed E-state index contributed by atoms with van der Waals surface area (Å²) in [7, 11) is 0. The van der Waals surface area contributed by atoms with Crippen LogP contribution in [-0.4, -0.2) is 4.57 Å². The van der Waals surface area contributed by atoms with E-state index in [4.69, 9.17) is 0 Å². The van der Waals surface area contributed by atoms with Crippen LogP contribution < -0.4 is 9.80 Å². The van der Waals surface area contributed by atoms with E-state index in [-0.39, 0.29) is 0 Å². The van der Waals surface area contributed by atoms with Gasteiger partial charge in [0.05, 0.1) is 11.0 Å². The molecular formula is C128H83N3S2. The van der Waals surface area contributed by atoms with Crippen LogP contribution in [-0.2, 0) is 0 Å². The molecule has 0 fully saturated rings. The number of para-hydroxylation sites is 2. The number of thiophene rings is 2. The highest BCUT2D eigenvalue weighted by molar-refractivity contribution is 7.26. The van der Waals surface area contributed by atoms with Crippen molar-refractivity contribution in [1.29, 1.82) is 0 Å². The van der Waals surface area contributed by atoms with Gasteiger partial charge >= 0.3 is 0 Å². The Hall–Kier alpha value is -16.8. The summed E-state index contributed by atoms with van der Waals surface area (Å²) < 4.78 is 7.55. The average Bonchev–Trinajstić information content (AvgIpc) is 1.59. The van der Waals surface area contributed by atoms with Crippen LogP contribution in [0.4, 0.5) is 34.1 Å². The van der Waals surface area contributed by atoms with Gasteiger partial charge in [0, 0.05) is 90.9 Å². The van der Waals surface area contributed by atoms with E-state index in [0.717, 1.165) is 78.8 Å². The summed E-state index contributed by atoms with van der Waals surface area (Å²) in [5.74, 6) is 0. The van der Waals surface area contributed by atoms with Gasteiger partial charge in [0.25, 0.3) is 0 Å². The van der Waals surface area contributed by atoms with E-state index in [9.17, 15) is 0 Å². The second-order valence-electron chi connectivity index (χ2n) is 34.6. The first-order chi connectivity index (χ1) is 65.9. The monoisotopic (exact) mass is 1730 g/mol. The first-order valence-electron chi connectivity index (χ1n) is 45.5. The third kappa shape index (κ3) is 14.5. The second kappa shape index (κ2) is 33.4. The molecule has 0 aliphatic rings. The van der Waals surface area contributed by atoms with Crippen LogP contribution in [0.25, 0.3) is 212 Å². The molecule has 25 aromatic rings. The van der Waals surface area contributed by atoms with Crippen LogP contribution in [0.15, 0.2) is 504 Å². The molecule has 0 bridgehead atoms. The summed E-state index contributed by atoms with van der Waals surface area (Å²) in [5, 5.41) is 12.5. The summed E-state index contributed by atoms with van der Waals surface area (Å²) >= 11 is 3.75. The predicted molar refractivity (Wildman–Crippen MR) is 571 cm³/mol. The number of benzene rings is 22. The van der Waals surface area contributed by atoms with Crippen LogP contribution in [0.2, 0.25) is 0 Å². The zero-order chi connectivity index (χ0) is 87.8. The van der Waals surface area contributed by atoms with Gasteiger partial charge in [0.2, 0.25) is 0 Å². The smallest absolute Gasteiger partial charge is 0.0541 e. The lowest BCUT2D eigenvalue weighted by Crippen LogP contribution is -2.10. The molecule has 0 N–H and O–H groups in total. The Kier molecular flexibility index (Phi) is 19.7. The largest absolute Gasteiger partial charge is 0.311 e. The van der Waals surface area contributed by atoms with E-state index in [1.807, 2.05) is 22.7 Å². The zero-order valence-corrected chi connectivity index (χ0v) is 74.2. The quantitative estimate of drug-likeness (QED) is 0.0848. The highest BCUT2D eigenvalue weighted by Crippen LogP contribution is 2.50. The van der Waals surface area contributed by atoms with Gasteiger partial charge in [0.15, 0.2) is 0 Å².